The number of H-pyrrole nitrogens is 1. The molecule has 9 heteroatoms. The smallest absolute Gasteiger partial charge is 0.439 e. The number of rotatable bonds is 9. The van der Waals surface area contributed by atoms with Crippen molar-refractivity contribution in [1.82, 2.24) is 19.7 Å². The van der Waals surface area contributed by atoms with Crippen molar-refractivity contribution in [3.63, 3.8) is 0 Å². The summed E-state index contributed by atoms with van der Waals surface area (Å²) in [6.45, 7) is 3.55. The van der Waals surface area contributed by atoms with Gasteiger partial charge in [0.15, 0.2) is 5.82 Å². The van der Waals surface area contributed by atoms with Crippen LogP contribution in [0.5, 0.6) is 6.01 Å². The van der Waals surface area contributed by atoms with Gasteiger partial charge in [-0.3, -0.25) is 18.9 Å². The lowest BCUT2D eigenvalue weighted by Crippen LogP contribution is -2.13. The van der Waals surface area contributed by atoms with Crippen LogP contribution in [0, 0.1) is 18.1 Å². The highest BCUT2D eigenvalue weighted by atomic mass is 16.5. The van der Waals surface area contributed by atoms with Crippen LogP contribution < -0.4 is 10.5 Å². The molecular weight excluding hydrogens is 448 g/mol. The number of nitrogens with zero attached hydrogens (tertiary/aromatic N) is 3. The van der Waals surface area contributed by atoms with Crippen LogP contribution in [0.1, 0.15) is 24.5 Å². The first-order valence-corrected chi connectivity index (χ1v) is 11.2. The number of benzene rings is 1. The molecule has 0 radical (unpaired) electrons. The zero-order valence-corrected chi connectivity index (χ0v) is 19.0. The molecule has 2 aromatic heterocycles. The van der Waals surface area contributed by atoms with Crippen molar-refractivity contribution in [2.45, 2.75) is 26.5 Å². The largest absolute Gasteiger partial charge is 0.465 e. The first kappa shape index (κ1) is 22.2. The van der Waals surface area contributed by atoms with E-state index in [0.717, 1.165) is 34.2 Å². The van der Waals surface area contributed by atoms with E-state index in [1.165, 1.54) is 0 Å². The minimum atomic E-state index is -0.589. The predicted molar refractivity (Wildman–Crippen MR) is 127 cm³/mol. The van der Waals surface area contributed by atoms with Crippen molar-refractivity contribution >= 4 is 23.1 Å². The highest BCUT2D eigenvalue weighted by molar-refractivity contribution is 5.84. The predicted octanol–water partition coefficient (Wildman–Crippen LogP) is 3.71. The van der Waals surface area contributed by atoms with Gasteiger partial charge in [0.05, 0.1) is 12.1 Å². The summed E-state index contributed by atoms with van der Waals surface area (Å²) in [5, 5.41) is 3.84. The third kappa shape index (κ3) is 4.46. The van der Waals surface area contributed by atoms with Crippen molar-refractivity contribution in [3.05, 3.63) is 82.4 Å². The molecule has 9 nitrogen and oxygen atoms in total. The molecule has 1 unspecified atom stereocenters. The minimum absolute atomic E-state index is 0.119. The second-order valence-corrected chi connectivity index (χ2v) is 7.98. The van der Waals surface area contributed by atoms with E-state index >= 15 is 0 Å². The number of hydrogen-bond donors (Lipinski definition) is 1. The van der Waals surface area contributed by atoms with Crippen LogP contribution in [0.3, 0.4) is 0 Å². The second-order valence-electron chi connectivity index (χ2n) is 7.98. The number of fused-ring (bicyclic) bond motifs is 1. The Bertz CT molecular complexity index is 1480. The Morgan fingerprint density at radius 2 is 2.17 bits per heavy atom. The first-order chi connectivity index (χ1) is 17.2. The number of aromatic amines is 1. The highest BCUT2D eigenvalue weighted by Gasteiger charge is 2.20. The number of carbonyl (C=O) groups is 1. The van der Waals surface area contributed by atoms with Gasteiger partial charge in [-0.15, -0.1) is 0 Å². The molecule has 5 rings (SSSR count). The first-order valence-electron chi connectivity index (χ1n) is 11.2. The Labute approximate surface area is 200 Å². The van der Waals surface area contributed by atoms with Gasteiger partial charge < -0.3 is 9.47 Å². The maximum absolute atomic E-state index is 11.4. The molecule has 0 fully saturated rings. The fourth-order valence-corrected chi connectivity index (χ4v) is 4.27. The fourth-order valence-electron chi connectivity index (χ4n) is 4.27. The maximum atomic E-state index is 11.4. The van der Waals surface area contributed by atoms with E-state index in [1.54, 1.807) is 6.07 Å². The highest BCUT2D eigenvalue weighted by Crippen LogP contribution is 2.33. The van der Waals surface area contributed by atoms with E-state index in [2.05, 4.69) is 50.0 Å². The summed E-state index contributed by atoms with van der Waals surface area (Å²) in [6, 6.07) is 15.9. The molecule has 1 N–H and O–H groups in total. The van der Waals surface area contributed by atoms with E-state index in [9.17, 15) is 9.59 Å². The van der Waals surface area contributed by atoms with Gasteiger partial charge in [0.2, 0.25) is 0 Å². The normalized spacial score (nSPS) is 15.0. The Balaban J connectivity index is 1.43. The number of carbonyl (C=O) groups excluding carboxylic acids is 1. The lowest BCUT2D eigenvalue weighted by atomic mass is 9.90. The van der Waals surface area contributed by atoms with Gasteiger partial charge in [-0.2, -0.15) is 4.98 Å². The topological polar surface area (TPSA) is 112 Å². The van der Waals surface area contributed by atoms with Crippen molar-refractivity contribution < 1.29 is 18.8 Å². The Morgan fingerprint density at radius 1 is 1.31 bits per heavy atom. The molecule has 0 saturated heterocycles. The van der Waals surface area contributed by atoms with E-state index in [-0.39, 0.29) is 12.5 Å². The summed E-state index contributed by atoms with van der Waals surface area (Å²) >= 11 is 0. The van der Waals surface area contributed by atoms with Gasteiger partial charge in [0.25, 0.3) is 12.5 Å². The van der Waals surface area contributed by atoms with Crippen molar-refractivity contribution in [1.29, 1.82) is 0 Å². The van der Waals surface area contributed by atoms with Crippen LogP contribution in [0.25, 0.3) is 28.0 Å². The molecule has 35 heavy (non-hydrogen) atoms. The van der Waals surface area contributed by atoms with Gasteiger partial charge in [-0.1, -0.05) is 53.7 Å². The lowest BCUT2D eigenvalue weighted by molar-refractivity contribution is -0.129. The number of aromatic nitrogens is 4. The van der Waals surface area contributed by atoms with Gasteiger partial charge in [-0.05, 0) is 42.5 Å². The second kappa shape index (κ2) is 9.73. The van der Waals surface area contributed by atoms with Crippen molar-refractivity contribution in [2.24, 2.45) is 5.92 Å². The summed E-state index contributed by atoms with van der Waals surface area (Å²) in [6.07, 6.45) is 7.17. The molecule has 0 bridgehead atoms. The van der Waals surface area contributed by atoms with Crippen LogP contribution in [0.4, 0.5) is 0 Å². The summed E-state index contributed by atoms with van der Waals surface area (Å²) < 4.78 is 17.5. The van der Waals surface area contributed by atoms with E-state index < -0.39 is 5.76 Å². The molecular formula is C26H22N4O5. The molecule has 1 aliphatic carbocycles. The van der Waals surface area contributed by atoms with Crippen LogP contribution >= 0.6 is 0 Å². The SMILES string of the molecule is CCOc1nc2c#ccc(COC=O)c2n1CC1C=CC(c2ccccc2-c2noc(=O)[nH]2)=CC1. The van der Waals surface area contributed by atoms with Crippen LogP contribution in [0.2, 0.25) is 0 Å². The number of hydrogen-bond acceptors (Lipinski definition) is 7. The molecule has 176 valence electrons. The summed E-state index contributed by atoms with van der Waals surface area (Å²) in [5.41, 5.74) is 5.00. The third-order valence-electron chi connectivity index (χ3n) is 5.79. The third-order valence-corrected chi connectivity index (χ3v) is 5.79. The number of allylic oxidation sites excluding steroid dienone is 4. The minimum Gasteiger partial charge on any atom is -0.465 e. The maximum Gasteiger partial charge on any atom is 0.439 e. The van der Waals surface area contributed by atoms with Gasteiger partial charge in [0.1, 0.15) is 12.1 Å². The molecule has 2 heterocycles. The Kier molecular flexibility index (Phi) is 6.18. The van der Waals surface area contributed by atoms with E-state index in [1.807, 2.05) is 35.8 Å². The standard InChI is InChI=1S/C26H22N4O5/c1-2-34-25-27-22-9-5-6-19(15-33-16-31)23(22)30(25)14-17-10-12-18(13-11-17)20-7-3-4-8-21(20)24-28-26(32)35-29-24/h3-4,6-8,10,12-13,16-17H,2,11,14-15H2,1H3,(H,28,29,32). The zero-order chi connectivity index (χ0) is 24.2. The van der Waals surface area contributed by atoms with Crippen LogP contribution in [-0.4, -0.2) is 32.8 Å². The Morgan fingerprint density at radius 3 is 2.89 bits per heavy atom. The lowest BCUT2D eigenvalue weighted by Gasteiger charge is -2.20. The number of imidazole rings is 1. The fraction of sp³-hybridized carbons (Fsp3) is 0.231. The quantitative estimate of drug-likeness (QED) is 0.371. The average Bonchev–Trinajstić information content (AvgIpc) is 3.47. The van der Waals surface area contributed by atoms with E-state index in [0.29, 0.717) is 37.0 Å². The van der Waals surface area contributed by atoms with Gasteiger partial charge in [-0.25, -0.2) is 4.79 Å². The van der Waals surface area contributed by atoms with Crippen LogP contribution in [0.15, 0.2) is 57.9 Å². The molecule has 4 aromatic rings. The molecule has 1 aliphatic rings. The summed E-state index contributed by atoms with van der Waals surface area (Å²) in [5.74, 6) is -0.0155. The molecule has 0 spiro atoms. The van der Waals surface area contributed by atoms with Crippen molar-refractivity contribution in [3.8, 4) is 17.4 Å². The van der Waals surface area contributed by atoms with Gasteiger partial charge in [0, 0.05) is 17.7 Å². The molecule has 0 aliphatic heterocycles. The molecule has 0 amide bonds. The van der Waals surface area contributed by atoms with Crippen molar-refractivity contribution in [2.75, 3.05) is 6.61 Å². The summed E-state index contributed by atoms with van der Waals surface area (Å²) in [4.78, 5) is 29.4. The molecule has 0 saturated carbocycles. The molecule has 1 atom stereocenters. The Hall–Kier alpha value is -4.58. The monoisotopic (exact) mass is 470 g/mol. The summed E-state index contributed by atoms with van der Waals surface area (Å²) in [7, 11) is 0. The van der Waals surface area contributed by atoms with Gasteiger partial charge >= 0.3 is 5.76 Å². The molecule has 2 aromatic carbocycles. The zero-order valence-electron chi connectivity index (χ0n) is 19.0. The van der Waals surface area contributed by atoms with E-state index in [4.69, 9.17) is 9.47 Å². The van der Waals surface area contributed by atoms with Crippen LogP contribution in [-0.2, 0) is 22.7 Å². The average molecular weight is 470 g/mol. The number of ether oxygens (including phenoxy) is 2. The number of nitrogens with one attached hydrogen (secondary N) is 1.